The van der Waals surface area contributed by atoms with Crippen LogP contribution in [-0.2, 0) is 9.37 Å². The Morgan fingerprint density at radius 2 is 1.81 bits per heavy atom. The lowest BCUT2D eigenvalue weighted by Gasteiger charge is -2.12. The highest BCUT2D eigenvalue weighted by Crippen LogP contribution is 2.46. The molecule has 0 aliphatic rings. The van der Waals surface area contributed by atoms with Crippen LogP contribution in [0.25, 0.3) is 10.8 Å². The van der Waals surface area contributed by atoms with Crippen molar-refractivity contribution in [2.24, 2.45) is 10.2 Å². The van der Waals surface area contributed by atoms with E-state index in [1.165, 1.54) is 0 Å². The lowest BCUT2D eigenvalue weighted by Crippen LogP contribution is -1.92. The maximum atomic E-state index is 10.8. The van der Waals surface area contributed by atoms with E-state index in [1.807, 2.05) is 19.9 Å². The molecule has 5 N–H and O–H groups in total. The molecule has 140 valence electrons. The van der Waals surface area contributed by atoms with Crippen molar-refractivity contribution in [2.45, 2.75) is 18.7 Å². The molecule has 0 atom stereocenters. The lowest BCUT2D eigenvalue weighted by atomic mass is 10.0. The van der Waals surface area contributed by atoms with E-state index in [2.05, 4.69) is 19.6 Å². The van der Waals surface area contributed by atoms with Crippen LogP contribution in [0.3, 0.4) is 0 Å². The van der Waals surface area contributed by atoms with E-state index in [-0.39, 0.29) is 22.9 Å². The van der Waals surface area contributed by atoms with Gasteiger partial charge in [0.25, 0.3) is 0 Å². The Bertz CT molecular complexity index is 1040. The monoisotopic (exact) mass is 387 g/mol. The van der Waals surface area contributed by atoms with Crippen LogP contribution in [0.15, 0.2) is 51.5 Å². The highest BCUT2D eigenvalue weighted by Gasteiger charge is 2.17. The van der Waals surface area contributed by atoms with Crippen molar-refractivity contribution in [1.29, 1.82) is 0 Å². The number of azo groups is 1. The Kier molecular flexibility index (Phi) is 5.47. The molecular weight excluding hydrogens is 370 g/mol. The second kappa shape index (κ2) is 7.80. The van der Waals surface area contributed by atoms with E-state index < -0.39 is 0 Å². The molecule has 9 heteroatoms. The molecule has 0 bridgehead atoms. The third-order valence-electron chi connectivity index (χ3n) is 4.02. The quantitative estimate of drug-likeness (QED) is 0.154. The number of hydrogen-bond donors (Lipinski definition) is 4. The summed E-state index contributed by atoms with van der Waals surface area (Å²) >= 11 is 0.639. The molecule has 0 aromatic heterocycles. The van der Waals surface area contributed by atoms with Gasteiger partial charge in [-0.15, -0.1) is 14.6 Å². The number of hydrogen-bond acceptors (Lipinski definition) is 9. The van der Waals surface area contributed by atoms with E-state index in [0.29, 0.717) is 33.4 Å². The number of fused-ring (bicyclic) bond motifs is 1. The van der Waals surface area contributed by atoms with Crippen molar-refractivity contribution < 1.29 is 24.8 Å². The molecule has 27 heavy (non-hydrogen) atoms. The van der Waals surface area contributed by atoms with E-state index >= 15 is 0 Å². The molecule has 0 heterocycles. The second-order valence-electron chi connectivity index (χ2n) is 5.88. The number of anilines is 1. The van der Waals surface area contributed by atoms with Crippen LogP contribution < -0.4 is 5.73 Å². The molecule has 8 nitrogen and oxygen atoms in total. The third-order valence-corrected chi connectivity index (χ3v) is 4.64. The first-order valence-electron chi connectivity index (χ1n) is 7.83. The minimum absolute atomic E-state index is 0.0430. The highest BCUT2D eigenvalue weighted by atomic mass is 32.2. The van der Waals surface area contributed by atoms with Gasteiger partial charge < -0.3 is 15.9 Å². The van der Waals surface area contributed by atoms with E-state index in [0.717, 1.165) is 11.1 Å². The van der Waals surface area contributed by atoms with Crippen molar-refractivity contribution in [1.82, 2.24) is 0 Å². The number of nitrogen functional groups attached to an aromatic ring is 1. The Morgan fingerprint density at radius 3 is 2.52 bits per heavy atom. The Labute approximate surface area is 158 Å². The Balaban J connectivity index is 2.17. The summed E-state index contributed by atoms with van der Waals surface area (Å²) in [6, 6.07) is 10.2. The fourth-order valence-corrected chi connectivity index (χ4v) is 3.10. The Morgan fingerprint density at radius 1 is 1.04 bits per heavy atom. The normalized spacial score (nSPS) is 11.5. The highest BCUT2D eigenvalue weighted by molar-refractivity contribution is 7.94. The standard InChI is InChI=1S/C18H17N3O5S/c1-9-3-6-12(13(22)7-9)20-21-17-14(27-26-25-24)8-11-5-4-10(2)16(19)15(11)18(17)23/h3-8,22-24H,19H2,1-2H3. The number of nitrogens with two attached hydrogens (primary N) is 1. The van der Waals surface area contributed by atoms with Crippen molar-refractivity contribution in [2.75, 3.05) is 5.73 Å². The topological polar surface area (TPSA) is 130 Å². The predicted molar refractivity (Wildman–Crippen MR) is 102 cm³/mol. The largest absolute Gasteiger partial charge is 0.506 e. The van der Waals surface area contributed by atoms with Gasteiger partial charge in [0.2, 0.25) is 0 Å². The van der Waals surface area contributed by atoms with Gasteiger partial charge in [-0.25, -0.2) is 5.26 Å². The molecule has 0 aliphatic heterocycles. The van der Waals surface area contributed by atoms with Gasteiger partial charge in [0.05, 0.1) is 16.9 Å². The van der Waals surface area contributed by atoms with Crippen LogP contribution in [0.4, 0.5) is 17.1 Å². The summed E-state index contributed by atoms with van der Waals surface area (Å²) < 4.78 is 4.49. The van der Waals surface area contributed by atoms with Gasteiger partial charge in [-0.1, -0.05) is 23.2 Å². The molecule has 0 saturated heterocycles. The summed E-state index contributed by atoms with van der Waals surface area (Å²) in [5, 5.41) is 42.0. The van der Waals surface area contributed by atoms with Crippen LogP contribution in [0.2, 0.25) is 0 Å². The molecule has 3 aromatic carbocycles. The molecular formula is C18H17N3O5S. The van der Waals surface area contributed by atoms with Crippen molar-refractivity contribution in [3.05, 3.63) is 47.5 Å². The minimum Gasteiger partial charge on any atom is -0.506 e. The number of aryl methyl sites for hydroxylation is 2. The number of aromatic hydroxyl groups is 2. The second-order valence-corrected chi connectivity index (χ2v) is 6.63. The summed E-state index contributed by atoms with van der Waals surface area (Å²) in [6.07, 6.45) is 0. The molecule has 0 amide bonds. The van der Waals surface area contributed by atoms with Gasteiger partial charge >= 0.3 is 0 Å². The zero-order chi connectivity index (χ0) is 19.6. The number of phenols is 2. The average Bonchev–Trinajstić information content (AvgIpc) is 2.63. The summed E-state index contributed by atoms with van der Waals surface area (Å²) in [5.41, 5.74) is 8.48. The number of benzene rings is 3. The van der Waals surface area contributed by atoms with E-state index in [9.17, 15) is 10.2 Å². The SMILES string of the molecule is Cc1ccc(N=Nc2c(SOOO)cc3ccc(C)c(N)c3c2O)c(O)c1. The first kappa shape index (κ1) is 18.9. The van der Waals surface area contributed by atoms with Crippen molar-refractivity contribution in [3.63, 3.8) is 0 Å². The number of rotatable bonds is 5. The molecule has 0 aliphatic carbocycles. The van der Waals surface area contributed by atoms with Crippen molar-refractivity contribution >= 4 is 39.9 Å². The maximum absolute atomic E-state index is 10.8. The predicted octanol–water partition coefficient (Wildman–Crippen LogP) is 5.29. The van der Waals surface area contributed by atoms with Crippen LogP contribution >= 0.6 is 12.0 Å². The molecule has 0 radical (unpaired) electrons. The van der Waals surface area contributed by atoms with Gasteiger partial charge in [0.15, 0.2) is 5.75 Å². The maximum Gasteiger partial charge on any atom is 0.154 e. The summed E-state index contributed by atoms with van der Waals surface area (Å²) in [7, 11) is 0. The summed E-state index contributed by atoms with van der Waals surface area (Å²) in [6.45, 7) is 3.66. The van der Waals surface area contributed by atoms with Gasteiger partial charge in [-0.2, -0.15) is 0 Å². The lowest BCUT2D eigenvalue weighted by molar-refractivity contribution is -0.432. The molecule has 3 rings (SSSR count). The van der Waals surface area contributed by atoms with Gasteiger partial charge in [-0.05, 0) is 48.6 Å². The van der Waals surface area contributed by atoms with Gasteiger partial charge in [0, 0.05) is 11.1 Å². The number of nitrogens with zero attached hydrogens (tertiary/aromatic N) is 2. The van der Waals surface area contributed by atoms with Gasteiger partial charge in [-0.3, -0.25) is 0 Å². The van der Waals surface area contributed by atoms with Crippen LogP contribution in [0, 0.1) is 13.8 Å². The molecule has 0 saturated carbocycles. The smallest absolute Gasteiger partial charge is 0.154 e. The fourth-order valence-electron chi connectivity index (χ4n) is 2.60. The fraction of sp³-hybridized carbons (Fsp3) is 0.111. The zero-order valence-electron chi connectivity index (χ0n) is 14.5. The molecule has 0 fully saturated rings. The van der Waals surface area contributed by atoms with Crippen LogP contribution in [0.1, 0.15) is 11.1 Å². The molecule has 0 unspecified atom stereocenters. The van der Waals surface area contributed by atoms with Crippen LogP contribution in [0.5, 0.6) is 11.5 Å². The van der Waals surface area contributed by atoms with Gasteiger partial charge in [0.1, 0.15) is 17.1 Å². The summed E-state index contributed by atoms with van der Waals surface area (Å²) in [4.78, 5) is 0.327. The molecule has 0 spiro atoms. The third kappa shape index (κ3) is 3.81. The first-order chi connectivity index (χ1) is 12.9. The zero-order valence-corrected chi connectivity index (χ0v) is 15.3. The van der Waals surface area contributed by atoms with Crippen LogP contribution in [-0.4, -0.2) is 15.5 Å². The van der Waals surface area contributed by atoms with E-state index in [1.54, 1.807) is 30.3 Å². The van der Waals surface area contributed by atoms with Crippen molar-refractivity contribution in [3.8, 4) is 11.5 Å². The number of phenolic OH excluding ortho intramolecular Hbond substituents is 2. The molecule has 3 aromatic rings. The van der Waals surface area contributed by atoms with E-state index in [4.69, 9.17) is 11.0 Å². The minimum atomic E-state index is -0.201. The summed E-state index contributed by atoms with van der Waals surface area (Å²) in [5.74, 6) is -0.244. The first-order valence-corrected chi connectivity index (χ1v) is 8.57. The average molecular weight is 387 g/mol. The Hall–Kier alpha value is -2.85.